The number of likely N-dealkylation sites (N-methyl/N-ethyl adjacent to an activating group) is 1. The Morgan fingerprint density at radius 2 is 2.47 bits per heavy atom. The van der Waals surface area contributed by atoms with Crippen LogP contribution in [0.1, 0.15) is 12.8 Å². The largest absolute Gasteiger partial charge is 0.366 e. The molecule has 0 amide bonds. The summed E-state index contributed by atoms with van der Waals surface area (Å²) in [5.74, 6) is 0. The van der Waals surface area contributed by atoms with Gasteiger partial charge in [0.05, 0.1) is 11.9 Å². The predicted molar refractivity (Wildman–Crippen MR) is 66.2 cm³/mol. The van der Waals surface area contributed by atoms with Gasteiger partial charge in [0.25, 0.3) is 0 Å². The topological polar surface area (TPSA) is 28.2 Å². The number of nitrogens with zero attached hydrogens (tertiary/aromatic N) is 2. The average Bonchev–Trinajstić information content (AvgIpc) is 2.66. The molecule has 3 nitrogen and oxygen atoms in total. The van der Waals surface area contributed by atoms with Gasteiger partial charge in [0.1, 0.15) is 0 Å². The molecule has 15 heavy (non-hydrogen) atoms. The van der Waals surface area contributed by atoms with E-state index in [1.165, 1.54) is 18.5 Å². The maximum atomic E-state index is 4.21. The second-order valence-corrected chi connectivity index (χ2v) is 4.82. The summed E-state index contributed by atoms with van der Waals surface area (Å²) in [7, 11) is 2.01. The molecule has 2 heterocycles. The third-order valence-electron chi connectivity index (χ3n) is 2.84. The molecule has 1 N–H and O–H groups in total. The molecule has 0 aromatic carbocycles. The lowest BCUT2D eigenvalue weighted by atomic mass is 10.2. The van der Waals surface area contributed by atoms with E-state index in [0.717, 1.165) is 17.6 Å². The number of nitrogens with one attached hydrogen (secondary N) is 1. The number of aromatic nitrogens is 1. The summed E-state index contributed by atoms with van der Waals surface area (Å²) in [6.45, 7) is 2.19. The molecule has 1 fully saturated rings. The highest BCUT2D eigenvalue weighted by molar-refractivity contribution is 9.10. The van der Waals surface area contributed by atoms with Crippen LogP contribution in [-0.4, -0.2) is 31.2 Å². The summed E-state index contributed by atoms with van der Waals surface area (Å²) >= 11 is 3.46. The summed E-state index contributed by atoms with van der Waals surface area (Å²) in [5.41, 5.74) is 1.22. The molecule has 1 aromatic heterocycles. The SMILES string of the molecule is CNCC1CCCN1c1cncc(Br)c1. The quantitative estimate of drug-likeness (QED) is 0.911. The Morgan fingerprint density at radius 3 is 3.20 bits per heavy atom. The molecule has 1 unspecified atom stereocenters. The van der Waals surface area contributed by atoms with Crippen LogP contribution in [0.15, 0.2) is 22.9 Å². The van der Waals surface area contributed by atoms with E-state index in [1.807, 2.05) is 19.4 Å². The Hall–Kier alpha value is -0.610. The van der Waals surface area contributed by atoms with Crippen LogP contribution < -0.4 is 10.2 Å². The van der Waals surface area contributed by atoms with Crippen molar-refractivity contribution in [1.29, 1.82) is 0 Å². The fourth-order valence-electron chi connectivity index (χ4n) is 2.18. The highest BCUT2D eigenvalue weighted by atomic mass is 79.9. The summed E-state index contributed by atoms with van der Waals surface area (Å²) in [6.07, 6.45) is 6.32. The highest BCUT2D eigenvalue weighted by Gasteiger charge is 2.24. The van der Waals surface area contributed by atoms with Crippen LogP contribution in [0.5, 0.6) is 0 Å². The molecule has 1 saturated heterocycles. The highest BCUT2D eigenvalue weighted by Crippen LogP contribution is 2.26. The van der Waals surface area contributed by atoms with E-state index in [4.69, 9.17) is 0 Å². The maximum Gasteiger partial charge on any atom is 0.0567 e. The third-order valence-corrected chi connectivity index (χ3v) is 3.27. The first kappa shape index (κ1) is 10.9. The van der Waals surface area contributed by atoms with Crippen molar-refractivity contribution in [2.45, 2.75) is 18.9 Å². The standard InChI is InChI=1S/C11H16BrN3/c1-13-7-10-3-2-4-15(10)11-5-9(12)6-14-8-11/h5-6,8,10,13H,2-4,7H2,1H3. The molecule has 0 saturated carbocycles. The van der Waals surface area contributed by atoms with E-state index in [9.17, 15) is 0 Å². The Bertz CT molecular complexity index is 329. The van der Waals surface area contributed by atoms with E-state index in [2.05, 4.69) is 37.2 Å². The van der Waals surface area contributed by atoms with Gasteiger partial charge >= 0.3 is 0 Å². The van der Waals surface area contributed by atoms with Gasteiger partial charge in [-0.05, 0) is 41.9 Å². The Kier molecular flexibility index (Phi) is 3.59. The smallest absolute Gasteiger partial charge is 0.0567 e. The predicted octanol–water partition coefficient (Wildman–Crippen LogP) is 2.03. The Morgan fingerprint density at radius 1 is 1.60 bits per heavy atom. The summed E-state index contributed by atoms with van der Waals surface area (Å²) in [5, 5.41) is 3.25. The molecule has 1 aliphatic rings. The average molecular weight is 270 g/mol. The van der Waals surface area contributed by atoms with Gasteiger partial charge in [-0.15, -0.1) is 0 Å². The van der Waals surface area contributed by atoms with E-state index >= 15 is 0 Å². The Labute approximate surface area is 99.0 Å². The van der Waals surface area contributed by atoms with Crippen LogP contribution >= 0.6 is 15.9 Å². The third kappa shape index (κ3) is 2.49. The van der Waals surface area contributed by atoms with E-state index < -0.39 is 0 Å². The molecular weight excluding hydrogens is 254 g/mol. The van der Waals surface area contributed by atoms with Gasteiger partial charge in [-0.2, -0.15) is 0 Å². The zero-order valence-corrected chi connectivity index (χ0v) is 10.5. The zero-order chi connectivity index (χ0) is 10.7. The number of anilines is 1. The van der Waals surface area contributed by atoms with Crippen molar-refractivity contribution in [3.63, 3.8) is 0 Å². The minimum absolute atomic E-state index is 0.617. The normalized spacial score (nSPS) is 20.9. The summed E-state index contributed by atoms with van der Waals surface area (Å²) in [4.78, 5) is 6.65. The molecule has 0 spiro atoms. The molecule has 2 rings (SSSR count). The zero-order valence-electron chi connectivity index (χ0n) is 8.91. The van der Waals surface area contributed by atoms with Gasteiger partial charge in [-0.3, -0.25) is 4.98 Å². The lowest BCUT2D eigenvalue weighted by Crippen LogP contribution is -2.36. The minimum Gasteiger partial charge on any atom is -0.366 e. The molecule has 1 atom stereocenters. The van der Waals surface area contributed by atoms with Crippen LogP contribution in [-0.2, 0) is 0 Å². The first-order valence-corrected chi connectivity index (χ1v) is 6.12. The maximum absolute atomic E-state index is 4.21. The van der Waals surface area contributed by atoms with Crippen molar-refractivity contribution in [3.05, 3.63) is 22.9 Å². The lowest BCUT2D eigenvalue weighted by molar-refractivity contribution is 0.615. The second kappa shape index (κ2) is 4.94. The van der Waals surface area contributed by atoms with Gasteiger partial charge in [-0.25, -0.2) is 0 Å². The fraction of sp³-hybridized carbons (Fsp3) is 0.545. The van der Waals surface area contributed by atoms with Crippen LogP contribution in [0, 0.1) is 0 Å². The Balaban J connectivity index is 2.15. The van der Waals surface area contributed by atoms with Crippen molar-refractivity contribution in [1.82, 2.24) is 10.3 Å². The summed E-state index contributed by atoms with van der Waals surface area (Å²) < 4.78 is 1.05. The lowest BCUT2D eigenvalue weighted by Gasteiger charge is -2.26. The van der Waals surface area contributed by atoms with Crippen molar-refractivity contribution in [2.24, 2.45) is 0 Å². The number of hydrogen-bond acceptors (Lipinski definition) is 3. The molecule has 1 aliphatic heterocycles. The van der Waals surface area contributed by atoms with Gasteiger partial charge in [-0.1, -0.05) is 0 Å². The van der Waals surface area contributed by atoms with Crippen LogP contribution in [0.3, 0.4) is 0 Å². The van der Waals surface area contributed by atoms with Gasteiger partial charge in [0.2, 0.25) is 0 Å². The molecule has 1 aromatic rings. The van der Waals surface area contributed by atoms with Crippen LogP contribution in [0.4, 0.5) is 5.69 Å². The number of pyridine rings is 1. The first-order chi connectivity index (χ1) is 7.31. The molecule has 0 radical (unpaired) electrons. The second-order valence-electron chi connectivity index (χ2n) is 3.91. The molecule has 4 heteroatoms. The van der Waals surface area contributed by atoms with Crippen molar-refractivity contribution in [2.75, 3.05) is 25.0 Å². The molecule has 0 bridgehead atoms. The van der Waals surface area contributed by atoms with Gasteiger partial charge in [0.15, 0.2) is 0 Å². The van der Waals surface area contributed by atoms with E-state index in [0.29, 0.717) is 6.04 Å². The first-order valence-electron chi connectivity index (χ1n) is 5.33. The fourth-order valence-corrected chi connectivity index (χ4v) is 2.53. The number of halogens is 1. The van der Waals surface area contributed by atoms with E-state index in [1.54, 1.807) is 0 Å². The van der Waals surface area contributed by atoms with Crippen molar-refractivity contribution in [3.8, 4) is 0 Å². The van der Waals surface area contributed by atoms with Crippen LogP contribution in [0.2, 0.25) is 0 Å². The van der Waals surface area contributed by atoms with Crippen molar-refractivity contribution < 1.29 is 0 Å². The minimum atomic E-state index is 0.617. The number of rotatable bonds is 3. The van der Waals surface area contributed by atoms with Crippen LogP contribution in [0.25, 0.3) is 0 Å². The molecule has 82 valence electrons. The van der Waals surface area contributed by atoms with Crippen molar-refractivity contribution >= 4 is 21.6 Å². The van der Waals surface area contributed by atoms with E-state index in [-0.39, 0.29) is 0 Å². The monoisotopic (exact) mass is 269 g/mol. The summed E-state index contributed by atoms with van der Waals surface area (Å²) in [6, 6.07) is 2.76. The van der Waals surface area contributed by atoms with Gasteiger partial charge in [0, 0.05) is 29.8 Å². The van der Waals surface area contributed by atoms with Gasteiger partial charge < -0.3 is 10.2 Å². The molecular formula is C11H16BrN3. The molecule has 0 aliphatic carbocycles. The number of hydrogen-bond donors (Lipinski definition) is 1.